The highest BCUT2D eigenvalue weighted by atomic mass is 35.5. The van der Waals surface area contributed by atoms with Gasteiger partial charge in [0.15, 0.2) is 5.78 Å². The molecular formula is C15H11ClF2O2. The molecule has 0 atom stereocenters. The number of para-hydroxylation sites is 1. The summed E-state index contributed by atoms with van der Waals surface area (Å²) in [5.41, 5.74) is 0.849. The molecule has 0 aromatic heterocycles. The molecule has 0 bridgehead atoms. The highest BCUT2D eigenvalue weighted by Crippen LogP contribution is 2.22. The van der Waals surface area contributed by atoms with Crippen molar-refractivity contribution in [1.29, 1.82) is 0 Å². The normalized spacial score (nSPS) is 10.6. The van der Waals surface area contributed by atoms with E-state index in [1.54, 1.807) is 30.3 Å². The molecule has 0 radical (unpaired) electrons. The van der Waals surface area contributed by atoms with Crippen molar-refractivity contribution in [2.45, 2.75) is 13.0 Å². The van der Waals surface area contributed by atoms with Gasteiger partial charge < -0.3 is 4.74 Å². The molecule has 0 fully saturated rings. The maximum absolute atomic E-state index is 12.3. The number of carbonyl (C=O) groups excluding carboxylic acids is 1. The first kappa shape index (κ1) is 14.5. The van der Waals surface area contributed by atoms with E-state index in [2.05, 4.69) is 4.74 Å². The van der Waals surface area contributed by atoms with Crippen molar-refractivity contribution in [3.63, 3.8) is 0 Å². The summed E-state index contributed by atoms with van der Waals surface area (Å²) in [5, 5.41) is 0.521. The summed E-state index contributed by atoms with van der Waals surface area (Å²) in [5.74, 6) is -0.418. The number of rotatable bonds is 5. The number of benzene rings is 2. The van der Waals surface area contributed by atoms with Crippen LogP contribution in [0.15, 0.2) is 48.5 Å². The van der Waals surface area contributed by atoms with Gasteiger partial charge in [-0.1, -0.05) is 35.9 Å². The van der Waals surface area contributed by atoms with E-state index in [-0.39, 0.29) is 23.5 Å². The molecule has 0 aliphatic carbocycles. The Hall–Kier alpha value is -1.94. The van der Waals surface area contributed by atoms with Crippen molar-refractivity contribution in [2.75, 3.05) is 0 Å². The van der Waals surface area contributed by atoms with E-state index in [4.69, 9.17) is 11.6 Å². The summed E-state index contributed by atoms with van der Waals surface area (Å²) in [4.78, 5) is 12.2. The van der Waals surface area contributed by atoms with Crippen molar-refractivity contribution in [2.24, 2.45) is 0 Å². The lowest BCUT2D eigenvalue weighted by Crippen LogP contribution is -2.09. The van der Waals surface area contributed by atoms with Crippen LogP contribution < -0.4 is 4.74 Å². The van der Waals surface area contributed by atoms with Crippen molar-refractivity contribution < 1.29 is 18.3 Å². The van der Waals surface area contributed by atoms with Crippen molar-refractivity contribution >= 4 is 17.4 Å². The predicted octanol–water partition coefficient (Wildman–Crippen LogP) is 4.37. The molecule has 0 unspecified atom stereocenters. The monoisotopic (exact) mass is 296 g/mol. The smallest absolute Gasteiger partial charge is 0.387 e. The second kappa shape index (κ2) is 6.48. The van der Waals surface area contributed by atoms with Crippen LogP contribution in [0.4, 0.5) is 8.78 Å². The second-order valence-corrected chi connectivity index (χ2v) is 4.54. The van der Waals surface area contributed by atoms with Crippen molar-refractivity contribution in [1.82, 2.24) is 0 Å². The Kier molecular flexibility index (Phi) is 4.69. The molecule has 0 amide bonds. The number of ether oxygens (including phenoxy) is 1. The van der Waals surface area contributed by atoms with Gasteiger partial charge in [-0.2, -0.15) is 8.78 Å². The van der Waals surface area contributed by atoms with Gasteiger partial charge in [0.25, 0.3) is 0 Å². The number of Topliss-reactive ketones (excluding diaryl/α,β-unsaturated/α-hetero) is 1. The third-order valence-electron chi connectivity index (χ3n) is 2.66. The molecule has 0 heterocycles. The van der Waals surface area contributed by atoms with Crippen molar-refractivity contribution in [3.05, 3.63) is 64.7 Å². The van der Waals surface area contributed by atoms with E-state index < -0.39 is 6.61 Å². The fourth-order valence-corrected chi connectivity index (χ4v) is 2.04. The molecular weight excluding hydrogens is 286 g/mol. The van der Waals surface area contributed by atoms with Crippen LogP contribution in [-0.2, 0) is 6.42 Å². The van der Waals surface area contributed by atoms with Gasteiger partial charge in [0.2, 0.25) is 0 Å². The Balaban J connectivity index is 2.21. The van der Waals surface area contributed by atoms with E-state index in [0.29, 0.717) is 10.6 Å². The van der Waals surface area contributed by atoms with Crippen LogP contribution >= 0.6 is 11.6 Å². The standard InChI is InChI=1S/C15H11ClF2O2/c16-11-5-3-4-10(8-11)9-13(19)12-6-1-2-7-14(12)20-15(17)18/h1-8,15H,9H2. The summed E-state index contributed by atoms with van der Waals surface area (Å²) >= 11 is 5.84. The molecule has 0 saturated heterocycles. The molecule has 2 rings (SSSR count). The summed E-state index contributed by atoms with van der Waals surface area (Å²) < 4.78 is 28.9. The average molecular weight is 297 g/mol. The molecule has 5 heteroatoms. The minimum Gasteiger partial charge on any atom is -0.434 e. The van der Waals surface area contributed by atoms with E-state index in [1.165, 1.54) is 18.2 Å². The summed E-state index contributed by atoms with van der Waals surface area (Å²) in [6.07, 6.45) is 0.0736. The van der Waals surface area contributed by atoms with Crippen LogP contribution in [0.5, 0.6) is 5.75 Å². The highest BCUT2D eigenvalue weighted by Gasteiger charge is 2.15. The molecule has 104 valence electrons. The third-order valence-corrected chi connectivity index (χ3v) is 2.89. The lowest BCUT2D eigenvalue weighted by Gasteiger charge is -2.09. The molecule has 2 aromatic carbocycles. The summed E-state index contributed by atoms with van der Waals surface area (Å²) in [6, 6.07) is 12.8. The van der Waals surface area contributed by atoms with Gasteiger partial charge in [-0.15, -0.1) is 0 Å². The number of hydrogen-bond acceptors (Lipinski definition) is 2. The fraction of sp³-hybridized carbons (Fsp3) is 0.133. The van der Waals surface area contributed by atoms with Crippen molar-refractivity contribution in [3.8, 4) is 5.75 Å². The van der Waals surface area contributed by atoms with Gasteiger partial charge in [-0.3, -0.25) is 4.79 Å². The Bertz CT molecular complexity index is 614. The quantitative estimate of drug-likeness (QED) is 0.766. The van der Waals surface area contributed by atoms with Gasteiger partial charge in [0.1, 0.15) is 5.75 Å². The topological polar surface area (TPSA) is 26.3 Å². The molecule has 0 saturated carbocycles. The molecule has 2 aromatic rings. The van der Waals surface area contributed by atoms with Crippen LogP contribution in [0, 0.1) is 0 Å². The number of alkyl halides is 2. The zero-order valence-corrected chi connectivity index (χ0v) is 11.1. The molecule has 0 aliphatic rings. The zero-order chi connectivity index (χ0) is 14.5. The van der Waals surface area contributed by atoms with Gasteiger partial charge in [0.05, 0.1) is 5.56 Å². The fourth-order valence-electron chi connectivity index (χ4n) is 1.82. The lowest BCUT2D eigenvalue weighted by molar-refractivity contribution is -0.0501. The first-order chi connectivity index (χ1) is 9.56. The van der Waals surface area contributed by atoms with Gasteiger partial charge in [0, 0.05) is 11.4 Å². The van der Waals surface area contributed by atoms with Crippen LogP contribution in [0.1, 0.15) is 15.9 Å². The van der Waals surface area contributed by atoms with Crippen LogP contribution in [0.2, 0.25) is 5.02 Å². The largest absolute Gasteiger partial charge is 0.434 e. The first-order valence-electron chi connectivity index (χ1n) is 5.88. The Morgan fingerprint density at radius 2 is 1.90 bits per heavy atom. The van der Waals surface area contributed by atoms with Gasteiger partial charge in [-0.05, 0) is 29.8 Å². The van der Waals surface area contributed by atoms with Gasteiger partial charge >= 0.3 is 6.61 Å². The SMILES string of the molecule is O=C(Cc1cccc(Cl)c1)c1ccccc1OC(F)F. The molecule has 20 heavy (non-hydrogen) atoms. The summed E-state index contributed by atoms with van der Waals surface area (Å²) in [6.45, 7) is -2.96. The number of ketones is 1. The van der Waals surface area contributed by atoms with E-state index in [1.807, 2.05) is 0 Å². The van der Waals surface area contributed by atoms with Crippen LogP contribution in [-0.4, -0.2) is 12.4 Å². The Morgan fingerprint density at radius 1 is 1.15 bits per heavy atom. The maximum atomic E-state index is 12.3. The number of halogens is 3. The maximum Gasteiger partial charge on any atom is 0.387 e. The zero-order valence-electron chi connectivity index (χ0n) is 10.4. The van der Waals surface area contributed by atoms with Crippen LogP contribution in [0.3, 0.4) is 0 Å². The second-order valence-electron chi connectivity index (χ2n) is 4.10. The predicted molar refractivity (Wildman–Crippen MR) is 72.6 cm³/mol. The average Bonchev–Trinajstić information content (AvgIpc) is 2.38. The third kappa shape index (κ3) is 3.78. The summed E-state index contributed by atoms with van der Waals surface area (Å²) in [7, 11) is 0. The Labute approximate surface area is 119 Å². The number of hydrogen-bond donors (Lipinski definition) is 0. The van der Waals surface area contributed by atoms with Gasteiger partial charge in [-0.25, -0.2) is 0 Å². The minimum absolute atomic E-state index is 0.0736. The first-order valence-corrected chi connectivity index (χ1v) is 6.25. The van der Waals surface area contributed by atoms with E-state index >= 15 is 0 Å². The minimum atomic E-state index is -2.96. The lowest BCUT2D eigenvalue weighted by atomic mass is 10.0. The molecule has 0 aliphatic heterocycles. The molecule has 0 spiro atoms. The highest BCUT2D eigenvalue weighted by molar-refractivity contribution is 6.30. The van der Waals surface area contributed by atoms with E-state index in [0.717, 1.165) is 0 Å². The molecule has 0 N–H and O–H groups in total. The van der Waals surface area contributed by atoms with Crippen LogP contribution in [0.25, 0.3) is 0 Å². The number of carbonyl (C=O) groups is 1. The van der Waals surface area contributed by atoms with E-state index in [9.17, 15) is 13.6 Å². The Morgan fingerprint density at radius 3 is 2.60 bits per heavy atom. The molecule has 2 nitrogen and oxygen atoms in total.